The van der Waals surface area contributed by atoms with Gasteiger partial charge in [-0.15, -0.1) is 0 Å². The first kappa shape index (κ1) is 18.9. The highest BCUT2D eigenvalue weighted by Crippen LogP contribution is 2.08. The number of esters is 1. The number of ether oxygens (including phenoxy) is 2. The van der Waals surface area contributed by atoms with Gasteiger partial charge in [-0.2, -0.15) is 0 Å². The van der Waals surface area contributed by atoms with Crippen LogP contribution < -0.4 is 5.32 Å². The number of carbonyl (C=O) groups is 2. The van der Waals surface area contributed by atoms with E-state index in [-0.39, 0.29) is 24.7 Å². The highest BCUT2D eigenvalue weighted by atomic mass is 16.6. The second-order valence-corrected chi connectivity index (χ2v) is 5.85. The molecule has 0 aliphatic rings. The van der Waals surface area contributed by atoms with Crippen molar-refractivity contribution in [1.82, 2.24) is 10.2 Å². The van der Waals surface area contributed by atoms with E-state index in [2.05, 4.69) is 5.32 Å². The summed E-state index contributed by atoms with van der Waals surface area (Å²) in [5.41, 5.74) is -0.506. The zero-order valence-corrected chi connectivity index (χ0v) is 13.3. The Morgan fingerprint density at radius 1 is 1.10 bits per heavy atom. The minimum atomic E-state index is -0.506. The second-order valence-electron chi connectivity index (χ2n) is 5.85. The van der Waals surface area contributed by atoms with Crippen LogP contribution in [-0.4, -0.2) is 62.8 Å². The van der Waals surface area contributed by atoms with Crippen molar-refractivity contribution in [1.29, 1.82) is 0 Å². The van der Waals surface area contributed by atoms with Gasteiger partial charge in [0.2, 0.25) is 5.91 Å². The fourth-order valence-electron chi connectivity index (χ4n) is 1.31. The number of hydrogen-bond donors (Lipinski definition) is 1. The summed E-state index contributed by atoms with van der Waals surface area (Å²) in [6.07, 6.45) is 0.247. The molecule has 20 heavy (non-hydrogen) atoms. The summed E-state index contributed by atoms with van der Waals surface area (Å²) in [5.74, 6) is -0.512. The first-order valence-corrected chi connectivity index (χ1v) is 6.92. The van der Waals surface area contributed by atoms with E-state index in [4.69, 9.17) is 9.47 Å². The van der Waals surface area contributed by atoms with E-state index in [0.29, 0.717) is 19.8 Å². The van der Waals surface area contributed by atoms with Crippen molar-refractivity contribution >= 4 is 11.9 Å². The molecular formula is C14H28N2O4. The molecule has 0 saturated heterocycles. The molecule has 0 aliphatic carbocycles. The summed E-state index contributed by atoms with van der Waals surface area (Å²) >= 11 is 0. The van der Waals surface area contributed by atoms with Gasteiger partial charge in [-0.25, -0.2) is 0 Å². The molecule has 1 amide bonds. The number of amides is 1. The van der Waals surface area contributed by atoms with Crippen molar-refractivity contribution < 1.29 is 19.1 Å². The molecule has 0 aromatic rings. The number of likely N-dealkylation sites (N-methyl/N-ethyl adjacent to an activating group) is 1. The highest BCUT2D eigenvalue weighted by Gasteiger charge is 2.16. The molecule has 0 saturated carbocycles. The van der Waals surface area contributed by atoms with E-state index in [1.54, 1.807) is 20.8 Å². The lowest BCUT2D eigenvalue weighted by atomic mass is 10.2. The van der Waals surface area contributed by atoms with Gasteiger partial charge < -0.3 is 19.7 Å². The van der Waals surface area contributed by atoms with E-state index in [1.165, 1.54) is 0 Å². The van der Waals surface area contributed by atoms with Crippen molar-refractivity contribution in [3.63, 3.8) is 0 Å². The number of rotatable bonds is 9. The molecule has 6 nitrogen and oxygen atoms in total. The summed E-state index contributed by atoms with van der Waals surface area (Å²) in [6, 6.07) is 0. The fourth-order valence-corrected chi connectivity index (χ4v) is 1.31. The van der Waals surface area contributed by atoms with Crippen LogP contribution in [0.2, 0.25) is 0 Å². The summed E-state index contributed by atoms with van der Waals surface area (Å²) in [4.78, 5) is 24.9. The normalized spacial score (nSPS) is 11.5. The summed E-state index contributed by atoms with van der Waals surface area (Å²) in [7, 11) is 3.95. The first-order valence-electron chi connectivity index (χ1n) is 6.92. The third-order valence-corrected chi connectivity index (χ3v) is 2.23. The Balaban J connectivity index is 3.53. The van der Waals surface area contributed by atoms with Crippen LogP contribution >= 0.6 is 0 Å². The maximum Gasteiger partial charge on any atom is 0.306 e. The van der Waals surface area contributed by atoms with E-state index in [0.717, 1.165) is 6.54 Å². The zero-order chi connectivity index (χ0) is 15.6. The van der Waals surface area contributed by atoms with E-state index >= 15 is 0 Å². The monoisotopic (exact) mass is 288 g/mol. The molecule has 0 spiro atoms. The average molecular weight is 288 g/mol. The van der Waals surface area contributed by atoms with Crippen LogP contribution in [0.25, 0.3) is 0 Å². The first-order chi connectivity index (χ1) is 9.20. The van der Waals surface area contributed by atoms with Crippen molar-refractivity contribution in [2.75, 3.05) is 40.4 Å². The lowest BCUT2D eigenvalue weighted by molar-refractivity contribution is -0.155. The Morgan fingerprint density at radius 2 is 1.75 bits per heavy atom. The molecule has 0 aromatic heterocycles. The van der Waals surface area contributed by atoms with Gasteiger partial charge in [0, 0.05) is 19.5 Å². The van der Waals surface area contributed by atoms with Gasteiger partial charge >= 0.3 is 5.97 Å². The predicted octanol–water partition coefficient (Wildman–Crippen LogP) is 0.803. The van der Waals surface area contributed by atoms with Crippen LogP contribution in [0.4, 0.5) is 0 Å². The standard InChI is InChI=1S/C14H28N2O4/c1-14(2,3)20-13(18)7-6-12(17)15-8-10-19-11-9-16(4)5/h6-11H2,1-5H3,(H,15,17). The van der Waals surface area contributed by atoms with Crippen LogP contribution in [-0.2, 0) is 19.1 Å². The lowest BCUT2D eigenvalue weighted by Crippen LogP contribution is -2.29. The van der Waals surface area contributed by atoms with Gasteiger partial charge in [0.1, 0.15) is 5.60 Å². The Labute approximate surface area is 121 Å². The van der Waals surface area contributed by atoms with Crippen LogP contribution in [0.5, 0.6) is 0 Å². The van der Waals surface area contributed by atoms with Crippen LogP contribution in [0, 0.1) is 0 Å². The topological polar surface area (TPSA) is 67.9 Å². The summed E-state index contributed by atoms with van der Waals surface area (Å²) in [6.45, 7) is 7.84. The van der Waals surface area contributed by atoms with Crippen molar-refractivity contribution in [3.05, 3.63) is 0 Å². The number of hydrogen-bond acceptors (Lipinski definition) is 5. The maximum absolute atomic E-state index is 11.5. The molecule has 0 bridgehead atoms. The molecule has 0 rings (SSSR count). The lowest BCUT2D eigenvalue weighted by Gasteiger charge is -2.19. The number of nitrogens with zero attached hydrogens (tertiary/aromatic N) is 1. The number of nitrogens with one attached hydrogen (secondary N) is 1. The van der Waals surface area contributed by atoms with Crippen molar-refractivity contribution in [3.8, 4) is 0 Å². The molecule has 0 unspecified atom stereocenters. The van der Waals surface area contributed by atoms with E-state index in [9.17, 15) is 9.59 Å². The predicted molar refractivity (Wildman–Crippen MR) is 77.5 cm³/mol. The SMILES string of the molecule is CN(C)CCOCCNC(=O)CCC(=O)OC(C)(C)C. The van der Waals surface area contributed by atoms with Gasteiger partial charge in [0.05, 0.1) is 19.6 Å². The van der Waals surface area contributed by atoms with Crippen LogP contribution in [0.3, 0.4) is 0 Å². The molecule has 0 aliphatic heterocycles. The molecule has 0 atom stereocenters. The van der Waals surface area contributed by atoms with Gasteiger partial charge in [0.15, 0.2) is 0 Å². The third kappa shape index (κ3) is 13.3. The minimum Gasteiger partial charge on any atom is -0.460 e. The molecule has 0 fully saturated rings. The Hall–Kier alpha value is -1.14. The molecule has 0 heterocycles. The van der Waals surface area contributed by atoms with Crippen molar-refractivity contribution in [2.24, 2.45) is 0 Å². The smallest absolute Gasteiger partial charge is 0.306 e. The number of carbonyl (C=O) groups excluding carboxylic acids is 2. The van der Waals surface area contributed by atoms with Gasteiger partial charge in [-0.1, -0.05) is 0 Å². The fraction of sp³-hybridized carbons (Fsp3) is 0.857. The Bertz CT molecular complexity index is 298. The zero-order valence-electron chi connectivity index (χ0n) is 13.3. The molecule has 1 N–H and O–H groups in total. The van der Waals surface area contributed by atoms with Crippen molar-refractivity contribution in [2.45, 2.75) is 39.2 Å². The molecular weight excluding hydrogens is 260 g/mol. The second kappa shape index (κ2) is 9.72. The summed E-state index contributed by atoms with van der Waals surface area (Å²) in [5, 5.41) is 2.70. The van der Waals surface area contributed by atoms with Gasteiger partial charge in [0.25, 0.3) is 0 Å². The quantitative estimate of drug-likeness (QED) is 0.502. The highest BCUT2D eigenvalue weighted by molar-refractivity contribution is 5.81. The Morgan fingerprint density at radius 3 is 2.30 bits per heavy atom. The average Bonchev–Trinajstić information content (AvgIpc) is 2.28. The maximum atomic E-state index is 11.5. The van der Waals surface area contributed by atoms with Crippen LogP contribution in [0.15, 0.2) is 0 Å². The van der Waals surface area contributed by atoms with E-state index in [1.807, 2.05) is 19.0 Å². The van der Waals surface area contributed by atoms with Gasteiger partial charge in [-0.05, 0) is 34.9 Å². The Kier molecular flexibility index (Phi) is 9.16. The minimum absolute atomic E-state index is 0.102. The third-order valence-electron chi connectivity index (χ3n) is 2.23. The summed E-state index contributed by atoms with van der Waals surface area (Å²) < 4.78 is 10.5. The largest absolute Gasteiger partial charge is 0.460 e. The molecule has 118 valence electrons. The molecule has 0 radical (unpaired) electrons. The molecule has 0 aromatic carbocycles. The van der Waals surface area contributed by atoms with E-state index < -0.39 is 5.60 Å². The van der Waals surface area contributed by atoms with Gasteiger partial charge in [-0.3, -0.25) is 9.59 Å². The molecule has 6 heteroatoms. The van der Waals surface area contributed by atoms with Crippen LogP contribution in [0.1, 0.15) is 33.6 Å².